The first-order valence-corrected chi connectivity index (χ1v) is 8.71. The summed E-state index contributed by atoms with van der Waals surface area (Å²) in [6, 6.07) is 0.397. The van der Waals surface area contributed by atoms with Crippen molar-refractivity contribution in [1.29, 1.82) is 0 Å². The third-order valence-corrected chi connectivity index (χ3v) is 3.69. The molecule has 24 heavy (non-hydrogen) atoms. The van der Waals surface area contributed by atoms with Crippen LogP contribution in [-0.2, 0) is 9.59 Å². The Balaban J connectivity index is 0. The Labute approximate surface area is 147 Å². The Morgan fingerprint density at radius 2 is 1.96 bits per heavy atom. The van der Waals surface area contributed by atoms with E-state index in [4.69, 9.17) is 9.90 Å². The van der Waals surface area contributed by atoms with Gasteiger partial charge < -0.3 is 10.0 Å². The molecule has 1 amide bonds. The van der Waals surface area contributed by atoms with E-state index in [1.54, 1.807) is 13.1 Å². The highest BCUT2D eigenvalue weighted by Gasteiger charge is 2.26. The van der Waals surface area contributed by atoms with Crippen LogP contribution in [0.3, 0.4) is 0 Å². The van der Waals surface area contributed by atoms with Crippen LogP contribution in [0, 0.1) is 0 Å². The van der Waals surface area contributed by atoms with Crippen molar-refractivity contribution in [2.45, 2.75) is 65.8 Å². The van der Waals surface area contributed by atoms with Crippen molar-refractivity contribution in [2.24, 2.45) is 4.99 Å². The van der Waals surface area contributed by atoms with Gasteiger partial charge in [0.05, 0.1) is 0 Å². The predicted octanol–water partition coefficient (Wildman–Crippen LogP) is 4.10. The standard InChI is InChI=1S/C16H26N2O.C2H6.CH2O2/c1-5-9-15-10-7-8-11-18(15)16(19)14(6-2)12-13(3)17-4;1-2;2-1-3/h6,12,15H,2,5,7-11H2,1,3-4H3;1-2H3;1H,(H,2,3)/b14-12+,17-13?;;. The van der Waals surface area contributed by atoms with E-state index in [9.17, 15) is 4.79 Å². The Morgan fingerprint density at radius 1 is 1.38 bits per heavy atom. The number of nitrogens with zero attached hydrogens (tertiary/aromatic N) is 2. The van der Waals surface area contributed by atoms with Gasteiger partial charge in [-0.25, -0.2) is 0 Å². The Hall–Kier alpha value is -1.91. The summed E-state index contributed by atoms with van der Waals surface area (Å²) in [5.74, 6) is 0.108. The van der Waals surface area contributed by atoms with E-state index in [0.717, 1.165) is 37.9 Å². The fourth-order valence-corrected chi connectivity index (χ4v) is 2.56. The second-order valence-electron chi connectivity index (χ2n) is 5.21. The average molecular weight is 338 g/mol. The lowest BCUT2D eigenvalue weighted by molar-refractivity contribution is -0.130. The Kier molecular flexibility index (Phi) is 16.2. The van der Waals surface area contributed by atoms with Gasteiger partial charge in [0.15, 0.2) is 0 Å². The lowest BCUT2D eigenvalue weighted by Crippen LogP contribution is -2.44. The van der Waals surface area contributed by atoms with Gasteiger partial charge in [-0.2, -0.15) is 0 Å². The van der Waals surface area contributed by atoms with Crippen LogP contribution < -0.4 is 0 Å². The number of amides is 1. The molecule has 1 atom stereocenters. The van der Waals surface area contributed by atoms with Gasteiger partial charge in [0.1, 0.15) is 0 Å². The molecular weight excluding hydrogens is 304 g/mol. The van der Waals surface area contributed by atoms with Crippen molar-refractivity contribution in [3.63, 3.8) is 0 Å². The minimum atomic E-state index is -0.250. The van der Waals surface area contributed by atoms with Crippen molar-refractivity contribution < 1.29 is 14.7 Å². The summed E-state index contributed by atoms with van der Waals surface area (Å²) in [5, 5.41) is 6.89. The highest BCUT2D eigenvalue weighted by atomic mass is 16.3. The zero-order valence-electron chi connectivity index (χ0n) is 15.9. The third-order valence-electron chi connectivity index (χ3n) is 3.69. The molecule has 138 valence electrons. The average Bonchev–Trinajstić information content (AvgIpc) is 2.62. The molecule has 5 nitrogen and oxygen atoms in total. The molecule has 0 bridgehead atoms. The molecule has 0 radical (unpaired) electrons. The molecule has 0 spiro atoms. The second kappa shape index (κ2) is 16.0. The molecule has 1 aliphatic rings. The molecule has 0 saturated carbocycles. The summed E-state index contributed by atoms with van der Waals surface area (Å²) < 4.78 is 0. The van der Waals surface area contributed by atoms with Crippen LogP contribution in [0.2, 0.25) is 0 Å². The van der Waals surface area contributed by atoms with Gasteiger partial charge in [0.2, 0.25) is 0 Å². The highest BCUT2D eigenvalue weighted by molar-refractivity contribution is 6.04. The quantitative estimate of drug-likeness (QED) is 0.355. The van der Waals surface area contributed by atoms with E-state index in [0.29, 0.717) is 11.6 Å². The molecule has 1 heterocycles. The molecule has 1 N–H and O–H groups in total. The van der Waals surface area contributed by atoms with E-state index < -0.39 is 0 Å². The summed E-state index contributed by atoms with van der Waals surface area (Å²) >= 11 is 0. The number of hydrogen-bond acceptors (Lipinski definition) is 3. The number of aliphatic imine (C=N–C) groups is 1. The molecule has 1 fully saturated rings. The number of allylic oxidation sites excluding steroid dienone is 1. The fourth-order valence-electron chi connectivity index (χ4n) is 2.56. The lowest BCUT2D eigenvalue weighted by Gasteiger charge is -2.36. The number of carboxylic acid groups (broad SMARTS) is 1. The SMILES string of the molecule is C=C/C(=C\C(C)=NC)C(=O)N1CCCCC1CCC.CC.O=CO. The minimum absolute atomic E-state index is 0.108. The molecule has 1 rings (SSSR count). The van der Waals surface area contributed by atoms with Gasteiger partial charge in [-0.05, 0) is 38.7 Å². The van der Waals surface area contributed by atoms with E-state index in [1.165, 1.54) is 6.42 Å². The summed E-state index contributed by atoms with van der Waals surface area (Å²) in [7, 11) is 1.73. The number of likely N-dealkylation sites (tertiary alicyclic amines) is 1. The fraction of sp³-hybridized carbons (Fsp3) is 0.632. The zero-order chi connectivity index (χ0) is 19.0. The molecule has 0 aromatic heterocycles. The molecule has 0 aromatic rings. The number of rotatable bonds is 5. The normalized spacial score (nSPS) is 17.7. The van der Waals surface area contributed by atoms with Crippen molar-refractivity contribution in [3.05, 3.63) is 24.3 Å². The maximum absolute atomic E-state index is 12.6. The van der Waals surface area contributed by atoms with Crippen LogP contribution in [0.4, 0.5) is 0 Å². The predicted molar refractivity (Wildman–Crippen MR) is 102 cm³/mol. The van der Waals surface area contributed by atoms with Gasteiger partial charge in [0, 0.05) is 30.9 Å². The summed E-state index contributed by atoms with van der Waals surface area (Å²) in [6.45, 7) is 12.5. The van der Waals surface area contributed by atoms with Crippen molar-refractivity contribution in [2.75, 3.05) is 13.6 Å². The van der Waals surface area contributed by atoms with Crippen LogP contribution in [0.5, 0.6) is 0 Å². The molecule has 1 aliphatic heterocycles. The maximum atomic E-state index is 12.6. The van der Waals surface area contributed by atoms with Crippen LogP contribution in [-0.4, -0.2) is 47.7 Å². The maximum Gasteiger partial charge on any atom is 0.290 e. The summed E-state index contributed by atoms with van der Waals surface area (Å²) in [4.78, 5) is 27.1. The van der Waals surface area contributed by atoms with Crippen molar-refractivity contribution >= 4 is 18.1 Å². The van der Waals surface area contributed by atoms with Crippen LogP contribution in [0.1, 0.15) is 59.8 Å². The number of piperidine rings is 1. The molecule has 0 aromatic carbocycles. The smallest absolute Gasteiger partial charge is 0.290 e. The van der Waals surface area contributed by atoms with Gasteiger partial charge in [-0.3, -0.25) is 14.6 Å². The minimum Gasteiger partial charge on any atom is -0.483 e. The van der Waals surface area contributed by atoms with Crippen LogP contribution in [0.15, 0.2) is 29.3 Å². The van der Waals surface area contributed by atoms with Gasteiger partial charge in [0.25, 0.3) is 12.4 Å². The molecule has 5 heteroatoms. The molecule has 1 unspecified atom stereocenters. The van der Waals surface area contributed by atoms with Crippen molar-refractivity contribution in [3.8, 4) is 0 Å². The van der Waals surface area contributed by atoms with Gasteiger partial charge in [-0.15, -0.1) is 0 Å². The van der Waals surface area contributed by atoms with E-state index in [-0.39, 0.29) is 12.4 Å². The molecule has 0 aliphatic carbocycles. The van der Waals surface area contributed by atoms with E-state index >= 15 is 0 Å². The summed E-state index contributed by atoms with van der Waals surface area (Å²) in [5.41, 5.74) is 1.51. The number of carbonyl (C=O) groups is 2. The van der Waals surface area contributed by atoms with Crippen molar-refractivity contribution in [1.82, 2.24) is 4.90 Å². The second-order valence-corrected chi connectivity index (χ2v) is 5.21. The third kappa shape index (κ3) is 9.28. The lowest BCUT2D eigenvalue weighted by atomic mass is 9.97. The largest absolute Gasteiger partial charge is 0.483 e. The van der Waals surface area contributed by atoms with Crippen LogP contribution >= 0.6 is 0 Å². The first kappa shape index (κ1) is 24.3. The molecular formula is C19H34N2O3. The van der Waals surface area contributed by atoms with Gasteiger partial charge >= 0.3 is 0 Å². The van der Waals surface area contributed by atoms with E-state index in [2.05, 4.69) is 18.5 Å². The Bertz CT molecular complexity index is 426. The Morgan fingerprint density at radius 3 is 2.42 bits per heavy atom. The zero-order valence-corrected chi connectivity index (χ0v) is 15.9. The monoisotopic (exact) mass is 338 g/mol. The highest BCUT2D eigenvalue weighted by Crippen LogP contribution is 2.22. The molecule has 1 saturated heterocycles. The van der Waals surface area contributed by atoms with Crippen LogP contribution in [0.25, 0.3) is 0 Å². The number of carbonyl (C=O) groups excluding carboxylic acids is 1. The summed E-state index contributed by atoms with van der Waals surface area (Å²) in [6.07, 6.45) is 9.16. The first-order chi connectivity index (χ1) is 11.5. The van der Waals surface area contributed by atoms with E-state index in [1.807, 2.05) is 31.7 Å². The topological polar surface area (TPSA) is 70.0 Å². The first-order valence-electron chi connectivity index (χ1n) is 8.71. The number of hydrogen-bond donors (Lipinski definition) is 1. The van der Waals surface area contributed by atoms with Gasteiger partial charge in [-0.1, -0.05) is 39.8 Å².